The molecule has 0 spiro atoms. The van der Waals surface area contributed by atoms with Crippen molar-refractivity contribution in [3.05, 3.63) is 36.3 Å². The standard InChI is InChI=1S/C11H14N2/c1-2-7-12-11(5-1)6-10-13-8-3-4-9-13/h1-2,5-7,10H,3-4,8-9H2/b10-6+. The molecule has 13 heavy (non-hydrogen) atoms. The summed E-state index contributed by atoms with van der Waals surface area (Å²) in [5.41, 5.74) is 1.04. The van der Waals surface area contributed by atoms with Gasteiger partial charge in [-0.1, -0.05) is 6.07 Å². The van der Waals surface area contributed by atoms with E-state index in [-0.39, 0.29) is 0 Å². The highest BCUT2D eigenvalue weighted by Gasteiger charge is 2.05. The lowest BCUT2D eigenvalue weighted by molar-refractivity contribution is 0.471. The Morgan fingerprint density at radius 3 is 2.77 bits per heavy atom. The predicted octanol–water partition coefficient (Wildman–Crippen LogP) is 2.15. The second-order valence-electron chi connectivity index (χ2n) is 3.31. The molecule has 0 saturated carbocycles. The van der Waals surface area contributed by atoms with Gasteiger partial charge in [0.1, 0.15) is 0 Å². The first-order valence-electron chi connectivity index (χ1n) is 4.78. The molecule has 1 aliphatic rings. The summed E-state index contributed by atoms with van der Waals surface area (Å²) in [6.45, 7) is 2.40. The molecule has 0 aromatic carbocycles. The van der Waals surface area contributed by atoms with Crippen LogP contribution < -0.4 is 0 Å². The van der Waals surface area contributed by atoms with E-state index in [0.29, 0.717) is 0 Å². The first kappa shape index (κ1) is 8.30. The molecular weight excluding hydrogens is 160 g/mol. The molecule has 0 aliphatic carbocycles. The van der Waals surface area contributed by atoms with Gasteiger partial charge in [-0.05, 0) is 31.1 Å². The number of aromatic nitrogens is 1. The van der Waals surface area contributed by atoms with Crippen molar-refractivity contribution in [2.75, 3.05) is 13.1 Å². The van der Waals surface area contributed by atoms with Gasteiger partial charge in [0.15, 0.2) is 0 Å². The number of rotatable bonds is 2. The maximum atomic E-state index is 4.23. The quantitative estimate of drug-likeness (QED) is 0.683. The van der Waals surface area contributed by atoms with E-state index in [2.05, 4.69) is 22.2 Å². The van der Waals surface area contributed by atoms with Gasteiger partial charge < -0.3 is 4.90 Å². The Balaban J connectivity index is 1.97. The second kappa shape index (κ2) is 4.08. The predicted molar refractivity (Wildman–Crippen MR) is 54.1 cm³/mol. The normalized spacial score (nSPS) is 17.1. The van der Waals surface area contributed by atoms with Crippen LogP contribution in [0.15, 0.2) is 30.6 Å². The van der Waals surface area contributed by atoms with Gasteiger partial charge in [-0.3, -0.25) is 4.98 Å². The molecular formula is C11H14N2. The SMILES string of the molecule is C(=C\N1CCCC1)/c1ccccn1. The summed E-state index contributed by atoms with van der Waals surface area (Å²) in [5, 5.41) is 0. The number of pyridine rings is 1. The summed E-state index contributed by atoms with van der Waals surface area (Å²) < 4.78 is 0. The van der Waals surface area contributed by atoms with E-state index in [4.69, 9.17) is 0 Å². The van der Waals surface area contributed by atoms with Crippen LogP contribution >= 0.6 is 0 Å². The maximum Gasteiger partial charge on any atom is 0.0644 e. The van der Waals surface area contributed by atoms with Crippen LogP contribution in [0, 0.1) is 0 Å². The minimum absolute atomic E-state index is 1.04. The van der Waals surface area contributed by atoms with Gasteiger partial charge in [0.25, 0.3) is 0 Å². The molecule has 2 nitrogen and oxygen atoms in total. The summed E-state index contributed by atoms with van der Waals surface area (Å²) in [6.07, 6.45) is 8.70. The first-order chi connectivity index (χ1) is 6.45. The lowest BCUT2D eigenvalue weighted by Gasteiger charge is -2.09. The van der Waals surface area contributed by atoms with Crippen molar-refractivity contribution in [3.63, 3.8) is 0 Å². The van der Waals surface area contributed by atoms with Crippen LogP contribution in [-0.4, -0.2) is 23.0 Å². The van der Waals surface area contributed by atoms with Crippen LogP contribution in [0.25, 0.3) is 6.08 Å². The van der Waals surface area contributed by atoms with E-state index in [0.717, 1.165) is 5.69 Å². The monoisotopic (exact) mass is 174 g/mol. The zero-order valence-corrected chi connectivity index (χ0v) is 7.69. The Morgan fingerprint density at radius 2 is 2.08 bits per heavy atom. The Bertz CT molecular complexity index is 273. The summed E-state index contributed by atoms with van der Waals surface area (Å²) >= 11 is 0. The van der Waals surface area contributed by atoms with E-state index >= 15 is 0 Å². The third kappa shape index (κ3) is 2.31. The number of hydrogen-bond donors (Lipinski definition) is 0. The zero-order chi connectivity index (χ0) is 8.93. The summed E-state index contributed by atoms with van der Waals surface area (Å²) in [7, 11) is 0. The Morgan fingerprint density at radius 1 is 1.23 bits per heavy atom. The number of likely N-dealkylation sites (tertiary alicyclic amines) is 1. The summed E-state index contributed by atoms with van der Waals surface area (Å²) in [6, 6.07) is 5.97. The molecule has 0 N–H and O–H groups in total. The topological polar surface area (TPSA) is 16.1 Å². The van der Waals surface area contributed by atoms with Crippen molar-refractivity contribution in [2.45, 2.75) is 12.8 Å². The molecule has 0 radical (unpaired) electrons. The van der Waals surface area contributed by atoms with E-state index < -0.39 is 0 Å². The highest BCUT2D eigenvalue weighted by molar-refractivity contribution is 5.43. The van der Waals surface area contributed by atoms with Crippen LogP contribution in [0.2, 0.25) is 0 Å². The molecule has 1 aromatic rings. The Labute approximate surface area is 78.9 Å². The van der Waals surface area contributed by atoms with Gasteiger partial charge in [0, 0.05) is 25.5 Å². The fourth-order valence-corrected chi connectivity index (χ4v) is 1.55. The van der Waals surface area contributed by atoms with Crippen LogP contribution in [0.4, 0.5) is 0 Å². The second-order valence-corrected chi connectivity index (χ2v) is 3.31. The van der Waals surface area contributed by atoms with Gasteiger partial charge in [-0.15, -0.1) is 0 Å². The average molecular weight is 174 g/mol. The van der Waals surface area contributed by atoms with Crippen molar-refractivity contribution in [1.29, 1.82) is 0 Å². The molecule has 2 rings (SSSR count). The van der Waals surface area contributed by atoms with Gasteiger partial charge in [-0.25, -0.2) is 0 Å². The van der Waals surface area contributed by atoms with E-state index in [9.17, 15) is 0 Å². The lowest BCUT2D eigenvalue weighted by atomic mass is 10.3. The first-order valence-corrected chi connectivity index (χ1v) is 4.78. The largest absolute Gasteiger partial charge is 0.377 e. The smallest absolute Gasteiger partial charge is 0.0644 e. The maximum absolute atomic E-state index is 4.23. The average Bonchev–Trinajstić information content (AvgIpc) is 2.69. The van der Waals surface area contributed by atoms with Crippen molar-refractivity contribution in [2.24, 2.45) is 0 Å². The van der Waals surface area contributed by atoms with Crippen LogP contribution in [0.3, 0.4) is 0 Å². The van der Waals surface area contributed by atoms with Crippen LogP contribution in [-0.2, 0) is 0 Å². The highest BCUT2D eigenvalue weighted by Crippen LogP contribution is 2.08. The fourth-order valence-electron chi connectivity index (χ4n) is 1.55. The third-order valence-corrected chi connectivity index (χ3v) is 2.28. The molecule has 0 unspecified atom stereocenters. The molecule has 1 fully saturated rings. The molecule has 1 aromatic heterocycles. The summed E-state index contributed by atoms with van der Waals surface area (Å²) in [5.74, 6) is 0. The zero-order valence-electron chi connectivity index (χ0n) is 7.69. The van der Waals surface area contributed by atoms with Crippen molar-refractivity contribution in [3.8, 4) is 0 Å². The van der Waals surface area contributed by atoms with Gasteiger partial charge in [-0.2, -0.15) is 0 Å². The lowest BCUT2D eigenvalue weighted by Crippen LogP contribution is -2.09. The third-order valence-electron chi connectivity index (χ3n) is 2.28. The Hall–Kier alpha value is -1.31. The van der Waals surface area contributed by atoms with Crippen molar-refractivity contribution < 1.29 is 0 Å². The van der Waals surface area contributed by atoms with E-state index in [1.165, 1.54) is 25.9 Å². The summed E-state index contributed by atoms with van der Waals surface area (Å²) in [4.78, 5) is 6.57. The molecule has 0 atom stereocenters. The van der Waals surface area contributed by atoms with E-state index in [1.54, 1.807) is 0 Å². The van der Waals surface area contributed by atoms with Gasteiger partial charge in [0.05, 0.1) is 5.69 Å². The molecule has 0 bridgehead atoms. The van der Waals surface area contributed by atoms with Crippen LogP contribution in [0.1, 0.15) is 18.5 Å². The number of nitrogens with zero attached hydrogens (tertiary/aromatic N) is 2. The van der Waals surface area contributed by atoms with Crippen molar-refractivity contribution >= 4 is 6.08 Å². The molecule has 0 amide bonds. The molecule has 68 valence electrons. The van der Waals surface area contributed by atoms with E-state index in [1.807, 2.05) is 24.4 Å². The van der Waals surface area contributed by atoms with Gasteiger partial charge >= 0.3 is 0 Å². The molecule has 1 saturated heterocycles. The Kier molecular flexibility index (Phi) is 2.60. The minimum Gasteiger partial charge on any atom is -0.377 e. The molecule has 2 heteroatoms. The van der Waals surface area contributed by atoms with Crippen molar-refractivity contribution in [1.82, 2.24) is 9.88 Å². The van der Waals surface area contributed by atoms with Gasteiger partial charge in [0.2, 0.25) is 0 Å². The minimum atomic E-state index is 1.04. The van der Waals surface area contributed by atoms with Crippen LogP contribution in [0.5, 0.6) is 0 Å². The molecule has 1 aliphatic heterocycles. The number of hydrogen-bond acceptors (Lipinski definition) is 2. The fraction of sp³-hybridized carbons (Fsp3) is 0.364. The molecule has 2 heterocycles. The highest BCUT2D eigenvalue weighted by atomic mass is 15.1.